The summed E-state index contributed by atoms with van der Waals surface area (Å²) in [6.45, 7) is 7.02. The highest BCUT2D eigenvalue weighted by atomic mass is 19.1. The van der Waals surface area contributed by atoms with Gasteiger partial charge in [-0.2, -0.15) is 0 Å². The summed E-state index contributed by atoms with van der Waals surface area (Å²) in [4.78, 5) is 0. The zero-order valence-electron chi connectivity index (χ0n) is 11.7. The van der Waals surface area contributed by atoms with E-state index in [4.69, 9.17) is 0 Å². The van der Waals surface area contributed by atoms with Crippen LogP contribution in [0.15, 0.2) is 42.5 Å². The monoisotopic (exact) mass is 257 g/mol. The number of hydrogen-bond donors (Lipinski definition) is 1. The van der Waals surface area contributed by atoms with Crippen LogP contribution in [0.2, 0.25) is 0 Å². The van der Waals surface area contributed by atoms with Crippen LogP contribution in [0.5, 0.6) is 0 Å². The second-order valence-corrected chi connectivity index (χ2v) is 5.20. The van der Waals surface area contributed by atoms with Crippen molar-refractivity contribution in [2.24, 2.45) is 0 Å². The molecule has 19 heavy (non-hydrogen) atoms. The van der Waals surface area contributed by atoms with Crippen molar-refractivity contribution in [1.29, 1.82) is 0 Å². The lowest BCUT2D eigenvalue weighted by Gasteiger charge is -2.12. The van der Waals surface area contributed by atoms with Gasteiger partial charge in [0.2, 0.25) is 0 Å². The molecule has 0 amide bonds. The summed E-state index contributed by atoms with van der Waals surface area (Å²) in [5.74, 6) is 0.345. The summed E-state index contributed by atoms with van der Waals surface area (Å²) in [5, 5.41) is 3.39. The lowest BCUT2D eigenvalue weighted by molar-refractivity contribution is 0.625. The highest BCUT2D eigenvalue weighted by molar-refractivity contribution is 5.47. The number of rotatable bonds is 4. The van der Waals surface area contributed by atoms with Crippen molar-refractivity contribution >= 4 is 5.69 Å². The largest absolute Gasteiger partial charge is 0.381 e. The van der Waals surface area contributed by atoms with Gasteiger partial charge < -0.3 is 5.32 Å². The summed E-state index contributed by atoms with van der Waals surface area (Å²) < 4.78 is 13.0. The Morgan fingerprint density at radius 3 is 2.58 bits per heavy atom. The van der Waals surface area contributed by atoms with E-state index < -0.39 is 0 Å². The topological polar surface area (TPSA) is 12.0 Å². The van der Waals surface area contributed by atoms with E-state index in [1.165, 1.54) is 11.6 Å². The molecule has 0 unspecified atom stereocenters. The van der Waals surface area contributed by atoms with E-state index in [2.05, 4.69) is 43.4 Å². The second kappa shape index (κ2) is 5.87. The van der Waals surface area contributed by atoms with E-state index >= 15 is 0 Å². The molecule has 0 saturated heterocycles. The van der Waals surface area contributed by atoms with Crippen LogP contribution in [-0.4, -0.2) is 0 Å². The predicted molar refractivity (Wildman–Crippen MR) is 79.0 cm³/mol. The zero-order valence-corrected chi connectivity index (χ0v) is 11.7. The summed E-state index contributed by atoms with van der Waals surface area (Å²) in [6, 6.07) is 13.3. The molecule has 0 bridgehead atoms. The van der Waals surface area contributed by atoms with Crippen LogP contribution in [-0.2, 0) is 6.54 Å². The molecule has 0 aliphatic carbocycles. The van der Waals surface area contributed by atoms with Crippen molar-refractivity contribution in [1.82, 2.24) is 0 Å². The number of aryl methyl sites for hydroxylation is 1. The first-order chi connectivity index (χ1) is 9.06. The fraction of sp³-hybridized carbons (Fsp3) is 0.294. The van der Waals surface area contributed by atoms with Gasteiger partial charge in [-0.3, -0.25) is 0 Å². The SMILES string of the molecule is Cc1cc(F)ccc1CNc1cccc(C(C)C)c1. The fourth-order valence-electron chi connectivity index (χ4n) is 2.06. The van der Waals surface area contributed by atoms with Gasteiger partial charge >= 0.3 is 0 Å². The smallest absolute Gasteiger partial charge is 0.123 e. The molecule has 0 saturated carbocycles. The van der Waals surface area contributed by atoms with Crippen LogP contribution in [0, 0.1) is 12.7 Å². The molecule has 100 valence electrons. The van der Waals surface area contributed by atoms with Gasteiger partial charge in [0.05, 0.1) is 0 Å². The summed E-state index contributed by atoms with van der Waals surface area (Å²) in [7, 11) is 0. The molecule has 0 heterocycles. The third-order valence-electron chi connectivity index (χ3n) is 3.34. The Morgan fingerprint density at radius 1 is 1.11 bits per heavy atom. The molecule has 2 aromatic carbocycles. The van der Waals surface area contributed by atoms with Crippen molar-refractivity contribution in [2.45, 2.75) is 33.2 Å². The lowest BCUT2D eigenvalue weighted by atomic mass is 10.0. The van der Waals surface area contributed by atoms with E-state index in [0.29, 0.717) is 12.5 Å². The minimum atomic E-state index is -0.178. The molecule has 1 nitrogen and oxygen atoms in total. The Labute approximate surface area is 114 Å². The van der Waals surface area contributed by atoms with Crippen LogP contribution in [0.1, 0.15) is 36.5 Å². The highest BCUT2D eigenvalue weighted by Gasteiger charge is 2.02. The van der Waals surface area contributed by atoms with Crippen molar-refractivity contribution in [3.05, 3.63) is 65.0 Å². The van der Waals surface area contributed by atoms with Gasteiger partial charge in [-0.25, -0.2) is 4.39 Å². The van der Waals surface area contributed by atoms with E-state index in [9.17, 15) is 4.39 Å². The Hall–Kier alpha value is -1.83. The molecule has 2 heteroatoms. The Morgan fingerprint density at radius 2 is 1.89 bits per heavy atom. The maximum atomic E-state index is 13.0. The molecule has 0 aliphatic heterocycles. The number of benzene rings is 2. The number of nitrogens with one attached hydrogen (secondary N) is 1. The first-order valence-electron chi connectivity index (χ1n) is 6.65. The lowest BCUT2D eigenvalue weighted by Crippen LogP contribution is -2.02. The zero-order chi connectivity index (χ0) is 13.8. The first-order valence-corrected chi connectivity index (χ1v) is 6.65. The average Bonchev–Trinajstić information content (AvgIpc) is 2.38. The van der Waals surface area contributed by atoms with E-state index in [-0.39, 0.29) is 5.82 Å². The van der Waals surface area contributed by atoms with Gasteiger partial charge in [-0.15, -0.1) is 0 Å². The average molecular weight is 257 g/mol. The maximum absolute atomic E-state index is 13.0. The van der Waals surface area contributed by atoms with Crippen LogP contribution in [0.4, 0.5) is 10.1 Å². The molecular weight excluding hydrogens is 237 g/mol. The van der Waals surface area contributed by atoms with Gasteiger partial charge in [0.15, 0.2) is 0 Å². The summed E-state index contributed by atoms with van der Waals surface area (Å²) in [6.07, 6.45) is 0. The number of halogens is 1. The molecule has 0 aliphatic rings. The molecular formula is C17H20FN. The molecule has 0 atom stereocenters. The van der Waals surface area contributed by atoms with Crippen molar-refractivity contribution in [3.63, 3.8) is 0 Å². The Bertz CT molecular complexity index is 561. The summed E-state index contributed by atoms with van der Waals surface area (Å²) >= 11 is 0. The first kappa shape index (κ1) is 13.6. The fourth-order valence-corrected chi connectivity index (χ4v) is 2.06. The second-order valence-electron chi connectivity index (χ2n) is 5.20. The third kappa shape index (κ3) is 3.57. The molecule has 0 aromatic heterocycles. The standard InChI is InChI=1S/C17H20FN/c1-12(2)14-5-4-6-17(10-14)19-11-15-7-8-16(18)9-13(15)3/h4-10,12,19H,11H2,1-3H3. The third-order valence-corrected chi connectivity index (χ3v) is 3.34. The van der Waals surface area contributed by atoms with Crippen molar-refractivity contribution in [2.75, 3.05) is 5.32 Å². The number of anilines is 1. The van der Waals surface area contributed by atoms with Crippen LogP contribution in [0.25, 0.3) is 0 Å². The van der Waals surface area contributed by atoms with E-state index in [1.54, 1.807) is 6.07 Å². The molecule has 2 aromatic rings. The summed E-state index contributed by atoms with van der Waals surface area (Å²) in [5.41, 5.74) is 4.53. The van der Waals surface area contributed by atoms with Crippen LogP contribution in [0.3, 0.4) is 0 Å². The van der Waals surface area contributed by atoms with Gasteiger partial charge in [0.25, 0.3) is 0 Å². The molecule has 2 rings (SSSR count). The van der Waals surface area contributed by atoms with Crippen LogP contribution < -0.4 is 5.32 Å². The normalized spacial score (nSPS) is 10.8. The molecule has 0 spiro atoms. The van der Waals surface area contributed by atoms with Crippen LogP contribution >= 0.6 is 0 Å². The molecule has 1 N–H and O–H groups in total. The van der Waals surface area contributed by atoms with Gasteiger partial charge in [-0.05, 0) is 53.8 Å². The van der Waals surface area contributed by atoms with Crippen molar-refractivity contribution < 1.29 is 4.39 Å². The Kier molecular flexibility index (Phi) is 4.20. The Balaban J connectivity index is 2.08. The van der Waals surface area contributed by atoms with E-state index in [1.807, 2.05) is 13.0 Å². The van der Waals surface area contributed by atoms with Gasteiger partial charge in [0.1, 0.15) is 5.82 Å². The van der Waals surface area contributed by atoms with Gasteiger partial charge in [0, 0.05) is 12.2 Å². The van der Waals surface area contributed by atoms with E-state index in [0.717, 1.165) is 16.8 Å². The molecule has 0 radical (unpaired) electrons. The molecule has 0 fully saturated rings. The maximum Gasteiger partial charge on any atom is 0.123 e. The quantitative estimate of drug-likeness (QED) is 0.824. The van der Waals surface area contributed by atoms with Gasteiger partial charge in [-0.1, -0.05) is 32.0 Å². The highest BCUT2D eigenvalue weighted by Crippen LogP contribution is 2.19. The minimum Gasteiger partial charge on any atom is -0.381 e. The number of hydrogen-bond acceptors (Lipinski definition) is 1. The minimum absolute atomic E-state index is 0.178. The van der Waals surface area contributed by atoms with Crippen molar-refractivity contribution in [3.8, 4) is 0 Å². The predicted octanol–water partition coefficient (Wildman–Crippen LogP) is 4.87.